The van der Waals surface area contributed by atoms with Crippen LogP contribution in [-0.4, -0.2) is 36.2 Å². The number of likely N-dealkylation sites (tertiary alicyclic amines) is 1. The minimum Gasteiger partial charge on any atom is -0.396 e. The van der Waals surface area contributed by atoms with Gasteiger partial charge >= 0.3 is 0 Å². The van der Waals surface area contributed by atoms with Crippen LogP contribution in [0.25, 0.3) is 0 Å². The third-order valence-corrected chi connectivity index (χ3v) is 3.39. The Labute approximate surface area is 99.0 Å². The van der Waals surface area contributed by atoms with Gasteiger partial charge in [-0.3, -0.25) is 0 Å². The normalized spacial score (nSPS) is 17.7. The molecule has 0 radical (unpaired) electrons. The van der Waals surface area contributed by atoms with Crippen molar-refractivity contribution in [2.24, 2.45) is 5.92 Å². The molecule has 1 aromatic carbocycles. The number of aliphatic hydroxyl groups excluding tert-OH is 1. The molecule has 2 nitrogen and oxygen atoms in total. The molecular weight excluding hydrogens is 254 g/mol. The van der Waals surface area contributed by atoms with Crippen LogP contribution in [0.2, 0.25) is 0 Å². The second-order valence-electron chi connectivity index (χ2n) is 4.19. The van der Waals surface area contributed by atoms with E-state index in [1.165, 1.54) is 5.56 Å². The summed E-state index contributed by atoms with van der Waals surface area (Å²) < 4.78 is 1.15. The molecule has 15 heavy (non-hydrogen) atoms. The zero-order chi connectivity index (χ0) is 10.7. The first kappa shape index (κ1) is 11.1. The van der Waals surface area contributed by atoms with Crippen molar-refractivity contribution >= 4 is 15.9 Å². The highest BCUT2D eigenvalue weighted by molar-refractivity contribution is 9.10. The molecular formula is C12H16BrNO. The molecule has 0 amide bonds. The van der Waals surface area contributed by atoms with Crippen LogP contribution in [0.5, 0.6) is 0 Å². The van der Waals surface area contributed by atoms with E-state index in [1.54, 1.807) is 0 Å². The van der Waals surface area contributed by atoms with E-state index in [0.717, 1.165) is 30.5 Å². The minimum absolute atomic E-state index is 0.341. The molecule has 0 atom stereocenters. The zero-order valence-electron chi connectivity index (χ0n) is 8.69. The molecule has 3 heteroatoms. The topological polar surface area (TPSA) is 23.5 Å². The van der Waals surface area contributed by atoms with Crippen LogP contribution in [0.4, 0.5) is 0 Å². The summed E-state index contributed by atoms with van der Waals surface area (Å²) >= 11 is 3.47. The van der Waals surface area contributed by atoms with E-state index in [2.05, 4.69) is 45.1 Å². The van der Waals surface area contributed by atoms with Crippen molar-refractivity contribution in [3.05, 3.63) is 34.3 Å². The van der Waals surface area contributed by atoms with Crippen molar-refractivity contribution in [2.75, 3.05) is 26.2 Å². The van der Waals surface area contributed by atoms with E-state index >= 15 is 0 Å². The number of nitrogens with zero attached hydrogens (tertiary/aromatic N) is 1. The Morgan fingerprint density at radius 3 is 2.87 bits per heavy atom. The molecule has 1 saturated heterocycles. The van der Waals surface area contributed by atoms with Crippen LogP contribution in [0.15, 0.2) is 28.7 Å². The Morgan fingerprint density at radius 1 is 1.40 bits per heavy atom. The summed E-state index contributed by atoms with van der Waals surface area (Å²) in [5.74, 6) is 0.521. The molecule has 0 bridgehead atoms. The number of halogens is 1. The molecule has 82 valence electrons. The zero-order valence-corrected chi connectivity index (χ0v) is 10.3. The number of hydrogen-bond donors (Lipinski definition) is 1. The summed E-state index contributed by atoms with van der Waals surface area (Å²) in [5.41, 5.74) is 1.37. The molecule has 0 aromatic heterocycles. The van der Waals surface area contributed by atoms with E-state index in [9.17, 15) is 0 Å². The van der Waals surface area contributed by atoms with Crippen molar-refractivity contribution < 1.29 is 5.11 Å². The number of aliphatic hydroxyl groups is 1. The highest BCUT2D eigenvalue weighted by atomic mass is 79.9. The summed E-state index contributed by atoms with van der Waals surface area (Å²) in [6, 6.07) is 8.46. The quantitative estimate of drug-likeness (QED) is 0.903. The van der Waals surface area contributed by atoms with Crippen LogP contribution in [0, 0.1) is 5.92 Å². The molecule has 1 aromatic rings. The Kier molecular flexibility index (Phi) is 3.78. The molecule has 1 fully saturated rings. The molecule has 1 aliphatic rings. The maximum absolute atomic E-state index is 8.89. The Morgan fingerprint density at radius 2 is 2.20 bits per heavy atom. The van der Waals surface area contributed by atoms with Crippen LogP contribution < -0.4 is 0 Å². The fourth-order valence-electron chi connectivity index (χ4n) is 1.95. The molecule has 2 rings (SSSR count). The number of rotatable bonds is 4. The lowest BCUT2D eigenvalue weighted by molar-refractivity contribution is 0.0551. The lowest BCUT2D eigenvalue weighted by Crippen LogP contribution is -2.48. The summed E-state index contributed by atoms with van der Waals surface area (Å²) in [6.45, 7) is 3.56. The van der Waals surface area contributed by atoms with Crippen molar-refractivity contribution in [1.82, 2.24) is 4.90 Å². The number of benzene rings is 1. The summed E-state index contributed by atoms with van der Waals surface area (Å²) in [7, 11) is 0. The van der Waals surface area contributed by atoms with Crippen molar-refractivity contribution in [2.45, 2.75) is 6.42 Å². The van der Waals surface area contributed by atoms with Crippen LogP contribution in [0.3, 0.4) is 0 Å². The second-order valence-corrected chi connectivity index (χ2v) is 5.10. The molecule has 1 aliphatic heterocycles. The van der Waals surface area contributed by atoms with E-state index < -0.39 is 0 Å². The van der Waals surface area contributed by atoms with Gasteiger partial charge in [-0.2, -0.15) is 0 Å². The van der Waals surface area contributed by atoms with Gasteiger partial charge in [0.15, 0.2) is 0 Å². The summed E-state index contributed by atoms with van der Waals surface area (Å²) in [5, 5.41) is 8.89. The standard InChI is InChI=1S/C12H16BrNO/c13-12-3-1-2-10(6-12)4-5-14-7-11(8-14)9-15/h1-3,6,11,15H,4-5,7-9H2. The van der Waals surface area contributed by atoms with Gasteiger partial charge in [-0.15, -0.1) is 0 Å². The molecule has 0 saturated carbocycles. The van der Waals surface area contributed by atoms with Gasteiger partial charge in [-0.05, 0) is 24.1 Å². The largest absolute Gasteiger partial charge is 0.396 e. The van der Waals surface area contributed by atoms with Gasteiger partial charge < -0.3 is 10.0 Å². The van der Waals surface area contributed by atoms with Gasteiger partial charge in [0.05, 0.1) is 0 Å². The smallest absolute Gasteiger partial charge is 0.0483 e. The Hall–Kier alpha value is -0.380. The van der Waals surface area contributed by atoms with Gasteiger partial charge in [0, 0.05) is 36.6 Å². The predicted molar refractivity (Wildman–Crippen MR) is 64.9 cm³/mol. The third kappa shape index (κ3) is 3.03. The highest BCUT2D eigenvalue weighted by Gasteiger charge is 2.24. The van der Waals surface area contributed by atoms with E-state index in [-0.39, 0.29) is 0 Å². The summed E-state index contributed by atoms with van der Waals surface area (Å²) in [4.78, 5) is 2.39. The first-order valence-corrected chi connectivity index (χ1v) is 6.15. The van der Waals surface area contributed by atoms with Crippen molar-refractivity contribution in [1.29, 1.82) is 0 Å². The third-order valence-electron chi connectivity index (χ3n) is 2.90. The van der Waals surface area contributed by atoms with Crippen LogP contribution in [-0.2, 0) is 6.42 Å². The predicted octanol–water partition coefficient (Wildman–Crippen LogP) is 1.92. The van der Waals surface area contributed by atoms with Crippen molar-refractivity contribution in [3.63, 3.8) is 0 Å². The van der Waals surface area contributed by atoms with Gasteiger partial charge in [0.1, 0.15) is 0 Å². The highest BCUT2D eigenvalue weighted by Crippen LogP contribution is 2.16. The lowest BCUT2D eigenvalue weighted by atomic mass is 10.0. The Balaban J connectivity index is 1.75. The second kappa shape index (κ2) is 5.10. The van der Waals surface area contributed by atoms with Crippen LogP contribution in [0.1, 0.15) is 5.56 Å². The monoisotopic (exact) mass is 269 g/mol. The molecule has 1 heterocycles. The van der Waals surface area contributed by atoms with Gasteiger partial charge in [0.25, 0.3) is 0 Å². The average molecular weight is 270 g/mol. The van der Waals surface area contributed by atoms with E-state index in [1.807, 2.05) is 0 Å². The minimum atomic E-state index is 0.341. The molecule has 0 aliphatic carbocycles. The average Bonchev–Trinajstić information content (AvgIpc) is 2.16. The molecule has 0 spiro atoms. The van der Waals surface area contributed by atoms with Crippen LogP contribution >= 0.6 is 15.9 Å². The molecule has 1 N–H and O–H groups in total. The lowest BCUT2D eigenvalue weighted by Gasteiger charge is -2.38. The van der Waals surface area contributed by atoms with Gasteiger partial charge in [-0.25, -0.2) is 0 Å². The van der Waals surface area contributed by atoms with E-state index in [4.69, 9.17) is 5.11 Å². The first-order valence-electron chi connectivity index (χ1n) is 5.35. The summed E-state index contributed by atoms with van der Waals surface area (Å²) in [6.07, 6.45) is 1.09. The fourth-order valence-corrected chi connectivity index (χ4v) is 2.40. The van der Waals surface area contributed by atoms with Gasteiger partial charge in [-0.1, -0.05) is 28.1 Å². The maximum Gasteiger partial charge on any atom is 0.0483 e. The van der Waals surface area contributed by atoms with Crippen molar-refractivity contribution in [3.8, 4) is 0 Å². The SMILES string of the molecule is OCC1CN(CCc2cccc(Br)c2)C1. The fraction of sp³-hybridized carbons (Fsp3) is 0.500. The maximum atomic E-state index is 8.89. The first-order chi connectivity index (χ1) is 7.28. The Bertz CT molecular complexity index is 323. The number of hydrogen-bond acceptors (Lipinski definition) is 2. The molecule has 0 unspecified atom stereocenters. The van der Waals surface area contributed by atoms with E-state index in [0.29, 0.717) is 12.5 Å². The van der Waals surface area contributed by atoms with Gasteiger partial charge in [0.2, 0.25) is 0 Å².